The maximum absolute atomic E-state index is 12.6. The second-order valence-corrected chi connectivity index (χ2v) is 8.23. The molecular weight excluding hydrogens is 324 g/mol. The fraction of sp³-hybridized carbons (Fsp3) is 0.389. The van der Waals surface area contributed by atoms with Gasteiger partial charge in [-0.1, -0.05) is 35.9 Å². The summed E-state index contributed by atoms with van der Waals surface area (Å²) < 4.78 is 28.0. The van der Waals surface area contributed by atoms with Crippen LogP contribution in [0.2, 0.25) is 0 Å². The van der Waals surface area contributed by atoms with Gasteiger partial charge in [-0.15, -0.1) is 0 Å². The Morgan fingerprint density at radius 2 is 1.92 bits per heavy atom. The molecule has 0 saturated heterocycles. The fourth-order valence-corrected chi connectivity index (χ4v) is 4.41. The Morgan fingerprint density at radius 1 is 1.21 bits per heavy atom. The van der Waals surface area contributed by atoms with Gasteiger partial charge in [-0.25, -0.2) is 13.1 Å². The van der Waals surface area contributed by atoms with Crippen molar-refractivity contribution >= 4 is 10.0 Å². The molecule has 0 unspecified atom stereocenters. The molecule has 1 saturated carbocycles. The van der Waals surface area contributed by atoms with Crippen molar-refractivity contribution in [2.45, 2.75) is 37.7 Å². The third-order valence-corrected chi connectivity index (χ3v) is 5.74. The van der Waals surface area contributed by atoms with Crippen molar-refractivity contribution in [3.05, 3.63) is 65.5 Å². The fourth-order valence-electron chi connectivity index (χ4n) is 3.00. The summed E-state index contributed by atoms with van der Waals surface area (Å²) in [5, 5.41) is 9.58. The molecule has 2 aromatic rings. The number of rotatable bonds is 6. The molecule has 0 radical (unpaired) electrons. The van der Waals surface area contributed by atoms with Crippen LogP contribution in [0.25, 0.3) is 0 Å². The first-order valence-electron chi connectivity index (χ1n) is 8.07. The molecule has 2 N–H and O–H groups in total. The van der Waals surface area contributed by atoms with Gasteiger partial charge in [0.05, 0.1) is 23.6 Å². The molecule has 0 aliphatic heterocycles. The number of hydrogen-bond acceptors (Lipinski definition) is 4. The summed E-state index contributed by atoms with van der Waals surface area (Å²) in [6, 6.07) is 12.5. The molecule has 1 fully saturated rings. The smallest absolute Gasteiger partial charge is 0.216 e. The summed E-state index contributed by atoms with van der Waals surface area (Å²) in [5.41, 5.74) is 2.54. The van der Waals surface area contributed by atoms with Crippen LogP contribution in [0.4, 0.5) is 0 Å². The maximum atomic E-state index is 12.6. The lowest BCUT2D eigenvalue weighted by molar-refractivity contribution is 0.0273. The molecule has 0 spiro atoms. The van der Waals surface area contributed by atoms with Crippen LogP contribution in [0.5, 0.6) is 0 Å². The maximum Gasteiger partial charge on any atom is 0.216 e. The van der Waals surface area contributed by atoms with Gasteiger partial charge in [0.2, 0.25) is 10.0 Å². The number of aromatic nitrogens is 1. The molecule has 1 heterocycles. The Balaban J connectivity index is 1.77. The van der Waals surface area contributed by atoms with E-state index in [1.165, 1.54) is 0 Å². The number of aliphatic hydroxyl groups is 1. The number of aryl methyl sites for hydroxylation is 1. The summed E-state index contributed by atoms with van der Waals surface area (Å²) in [7, 11) is -3.51. The topological polar surface area (TPSA) is 79.3 Å². The highest BCUT2D eigenvalue weighted by Crippen LogP contribution is 2.37. The largest absolute Gasteiger partial charge is 0.393 e. The lowest BCUT2D eigenvalue weighted by Gasteiger charge is -2.37. The highest BCUT2D eigenvalue weighted by Gasteiger charge is 2.37. The number of pyridine rings is 1. The molecule has 5 nitrogen and oxygen atoms in total. The SMILES string of the molecule is Cc1ccc(CS(=O)(=O)N[C@@H](c2ccccn2)C2CC(O)C2)cc1. The zero-order valence-electron chi connectivity index (χ0n) is 13.6. The van der Waals surface area contributed by atoms with E-state index in [0.717, 1.165) is 11.1 Å². The van der Waals surface area contributed by atoms with E-state index < -0.39 is 16.1 Å². The zero-order chi connectivity index (χ0) is 17.2. The van der Waals surface area contributed by atoms with E-state index in [2.05, 4.69) is 9.71 Å². The van der Waals surface area contributed by atoms with Gasteiger partial charge in [-0.3, -0.25) is 4.98 Å². The van der Waals surface area contributed by atoms with E-state index >= 15 is 0 Å². The second-order valence-electron chi connectivity index (χ2n) is 6.48. The standard InChI is InChI=1S/C18H22N2O3S/c1-13-5-7-14(8-6-13)12-24(22,23)20-18(15-10-16(21)11-15)17-4-2-3-9-19-17/h2-9,15-16,18,20-21H,10-12H2,1H3/t15?,16?,18-/m1/s1. The van der Waals surface area contributed by atoms with Crippen molar-refractivity contribution in [2.24, 2.45) is 5.92 Å². The molecule has 0 bridgehead atoms. The first kappa shape index (κ1) is 17.1. The van der Waals surface area contributed by atoms with Crippen LogP contribution >= 0.6 is 0 Å². The number of hydrogen-bond donors (Lipinski definition) is 2. The van der Waals surface area contributed by atoms with Crippen molar-refractivity contribution in [2.75, 3.05) is 0 Å². The third-order valence-electron chi connectivity index (χ3n) is 4.41. The molecule has 1 aromatic heterocycles. The van der Waals surface area contributed by atoms with Crippen LogP contribution < -0.4 is 4.72 Å². The Bertz CT molecular complexity index is 770. The van der Waals surface area contributed by atoms with E-state index in [4.69, 9.17) is 0 Å². The third kappa shape index (κ3) is 4.20. The highest BCUT2D eigenvalue weighted by atomic mass is 32.2. The zero-order valence-corrected chi connectivity index (χ0v) is 14.4. The van der Waals surface area contributed by atoms with Gasteiger partial charge in [-0.2, -0.15) is 0 Å². The summed E-state index contributed by atoms with van der Waals surface area (Å²) in [5.74, 6) is 0.00833. The molecule has 1 aliphatic carbocycles. The average molecular weight is 346 g/mol. The predicted octanol–water partition coefficient (Wildman–Crippen LogP) is 2.32. The minimum absolute atomic E-state index is 0.0636. The van der Waals surface area contributed by atoms with Crippen LogP contribution in [0.1, 0.15) is 35.7 Å². The average Bonchev–Trinajstić information content (AvgIpc) is 2.53. The molecule has 128 valence electrons. The van der Waals surface area contributed by atoms with Gasteiger partial charge in [0.25, 0.3) is 0 Å². The lowest BCUT2D eigenvalue weighted by atomic mass is 9.76. The molecular formula is C18H22N2O3S. The molecule has 1 aromatic carbocycles. The summed E-state index contributed by atoms with van der Waals surface area (Å²) >= 11 is 0. The van der Waals surface area contributed by atoms with Gasteiger partial charge in [0.1, 0.15) is 0 Å². The summed E-state index contributed by atoms with van der Waals surface area (Å²) in [6.07, 6.45) is 2.50. The number of aliphatic hydroxyl groups excluding tert-OH is 1. The molecule has 6 heteroatoms. The quantitative estimate of drug-likeness (QED) is 0.841. The van der Waals surface area contributed by atoms with Crippen molar-refractivity contribution < 1.29 is 13.5 Å². The Kier molecular flexibility index (Phi) is 4.99. The van der Waals surface area contributed by atoms with Crippen LogP contribution in [-0.2, 0) is 15.8 Å². The van der Waals surface area contributed by atoms with Crippen LogP contribution in [0.3, 0.4) is 0 Å². The van der Waals surface area contributed by atoms with Crippen LogP contribution in [0.15, 0.2) is 48.7 Å². The van der Waals surface area contributed by atoms with E-state index in [9.17, 15) is 13.5 Å². The Labute approximate surface area is 142 Å². The van der Waals surface area contributed by atoms with E-state index in [1.807, 2.05) is 43.3 Å². The monoisotopic (exact) mass is 346 g/mol. The van der Waals surface area contributed by atoms with Crippen LogP contribution in [0, 0.1) is 12.8 Å². The van der Waals surface area contributed by atoms with Crippen LogP contribution in [-0.4, -0.2) is 24.6 Å². The molecule has 1 aliphatic rings. The van der Waals surface area contributed by atoms with E-state index in [-0.39, 0.29) is 17.8 Å². The van der Waals surface area contributed by atoms with E-state index in [1.54, 1.807) is 12.3 Å². The van der Waals surface area contributed by atoms with Crippen molar-refractivity contribution in [3.8, 4) is 0 Å². The van der Waals surface area contributed by atoms with Crippen molar-refractivity contribution in [3.63, 3.8) is 0 Å². The van der Waals surface area contributed by atoms with Gasteiger partial charge in [0.15, 0.2) is 0 Å². The lowest BCUT2D eigenvalue weighted by Crippen LogP contribution is -2.42. The van der Waals surface area contributed by atoms with Gasteiger partial charge in [0, 0.05) is 6.20 Å². The second kappa shape index (κ2) is 7.01. The predicted molar refractivity (Wildman–Crippen MR) is 92.6 cm³/mol. The first-order chi connectivity index (χ1) is 11.4. The van der Waals surface area contributed by atoms with Gasteiger partial charge in [-0.05, 0) is 43.4 Å². The van der Waals surface area contributed by atoms with Crippen molar-refractivity contribution in [1.29, 1.82) is 0 Å². The summed E-state index contributed by atoms with van der Waals surface area (Å²) in [6.45, 7) is 1.97. The normalized spacial score (nSPS) is 21.9. The Hall–Kier alpha value is -1.76. The number of benzene rings is 1. The van der Waals surface area contributed by atoms with Gasteiger partial charge < -0.3 is 5.11 Å². The Morgan fingerprint density at radius 3 is 2.50 bits per heavy atom. The molecule has 1 atom stereocenters. The number of nitrogens with one attached hydrogen (secondary N) is 1. The highest BCUT2D eigenvalue weighted by molar-refractivity contribution is 7.88. The molecule has 0 amide bonds. The molecule has 3 rings (SSSR count). The van der Waals surface area contributed by atoms with Gasteiger partial charge >= 0.3 is 0 Å². The van der Waals surface area contributed by atoms with Crippen molar-refractivity contribution in [1.82, 2.24) is 9.71 Å². The summed E-state index contributed by atoms with van der Waals surface area (Å²) in [4.78, 5) is 4.30. The molecule has 24 heavy (non-hydrogen) atoms. The first-order valence-corrected chi connectivity index (χ1v) is 9.73. The minimum Gasteiger partial charge on any atom is -0.393 e. The minimum atomic E-state index is -3.51. The van der Waals surface area contributed by atoms with E-state index in [0.29, 0.717) is 18.5 Å². The number of sulfonamides is 1. The number of nitrogens with zero attached hydrogens (tertiary/aromatic N) is 1.